The van der Waals surface area contributed by atoms with Crippen LogP contribution in [0, 0.1) is 0 Å². The number of rotatable bonds is 11. The van der Waals surface area contributed by atoms with Crippen molar-refractivity contribution < 1.29 is 33.3 Å². The lowest BCUT2D eigenvalue weighted by atomic mass is 10.1. The van der Waals surface area contributed by atoms with Crippen molar-refractivity contribution in [3.63, 3.8) is 0 Å². The second-order valence-corrected chi connectivity index (χ2v) is 8.54. The number of amides is 1. The number of aromatic nitrogens is 3. The van der Waals surface area contributed by atoms with Gasteiger partial charge in [-0.05, 0) is 56.3 Å². The van der Waals surface area contributed by atoms with Crippen LogP contribution < -0.4 is 14.8 Å². The fourth-order valence-electron chi connectivity index (χ4n) is 3.41. The second-order valence-electron chi connectivity index (χ2n) is 7.60. The van der Waals surface area contributed by atoms with Gasteiger partial charge in [-0.15, -0.1) is 10.2 Å². The Morgan fingerprint density at radius 2 is 1.65 bits per heavy atom. The molecule has 1 aromatic heterocycles. The lowest BCUT2D eigenvalue weighted by molar-refractivity contribution is -0.113. The van der Waals surface area contributed by atoms with Crippen LogP contribution in [-0.4, -0.2) is 59.7 Å². The summed E-state index contributed by atoms with van der Waals surface area (Å²) in [5.41, 5.74) is 0.427. The third-order valence-electron chi connectivity index (χ3n) is 5.25. The zero-order valence-corrected chi connectivity index (χ0v) is 22.0. The Morgan fingerprint density at radius 3 is 2.27 bits per heavy atom. The van der Waals surface area contributed by atoms with Gasteiger partial charge in [-0.2, -0.15) is 0 Å². The molecule has 0 fully saturated rings. The molecule has 0 aliphatic heterocycles. The van der Waals surface area contributed by atoms with E-state index in [4.69, 9.17) is 18.9 Å². The van der Waals surface area contributed by atoms with E-state index in [0.29, 0.717) is 23.3 Å². The Morgan fingerprint density at radius 1 is 0.973 bits per heavy atom. The Hall–Kier alpha value is -4.06. The molecule has 0 radical (unpaired) electrons. The summed E-state index contributed by atoms with van der Waals surface area (Å²) in [6, 6.07) is 11.4. The van der Waals surface area contributed by atoms with Crippen molar-refractivity contribution in [2.24, 2.45) is 0 Å². The van der Waals surface area contributed by atoms with Gasteiger partial charge in [0.05, 0.1) is 43.9 Å². The highest BCUT2D eigenvalue weighted by atomic mass is 32.2. The molecule has 0 spiro atoms. The number of nitrogens with zero attached hydrogens (tertiary/aromatic N) is 3. The molecule has 2 aromatic carbocycles. The number of thioether (sulfide) groups is 1. The summed E-state index contributed by atoms with van der Waals surface area (Å²) < 4.78 is 22.5. The van der Waals surface area contributed by atoms with Crippen LogP contribution in [0.2, 0.25) is 0 Å². The van der Waals surface area contributed by atoms with Crippen molar-refractivity contribution >= 4 is 35.3 Å². The third kappa shape index (κ3) is 6.79. The van der Waals surface area contributed by atoms with Crippen molar-refractivity contribution in [1.29, 1.82) is 0 Å². The number of carbonyl (C=O) groups excluding carboxylic acids is 3. The predicted molar refractivity (Wildman–Crippen MR) is 136 cm³/mol. The molecule has 37 heavy (non-hydrogen) atoms. The van der Waals surface area contributed by atoms with Gasteiger partial charge in [0.2, 0.25) is 5.91 Å². The lowest BCUT2D eigenvalue weighted by Gasteiger charge is -2.16. The summed E-state index contributed by atoms with van der Waals surface area (Å²) >= 11 is 1.18. The Kier molecular flexibility index (Phi) is 9.50. The lowest BCUT2D eigenvalue weighted by Crippen LogP contribution is -2.18. The molecule has 11 nitrogen and oxygen atoms in total. The van der Waals surface area contributed by atoms with Crippen LogP contribution in [0.1, 0.15) is 46.5 Å². The highest BCUT2D eigenvalue weighted by molar-refractivity contribution is 7.99. The number of nitrogens with one attached hydrogen (secondary N) is 1. The summed E-state index contributed by atoms with van der Waals surface area (Å²) in [5, 5.41) is 11.7. The zero-order chi connectivity index (χ0) is 26.9. The van der Waals surface area contributed by atoms with Gasteiger partial charge in [-0.25, -0.2) is 9.59 Å². The second kappa shape index (κ2) is 12.8. The van der Waals surface area contributed by atoms with Gasteiger partial charge in [0.1, 0.15) is 11.5 Å². The third-order valence-corrected chi connectivity index (χ3v) is 6.22. The van der Waals surface area contributed by atoms with Crippen LogP contribution in [0.5, 0.6) is 11.5 Å². The van der Waals surface area contributed by atoms with Crippen molar-refractivity contribution in [2.75, 3.05) is 32.4 Å². The summed E-state index contributed by atoms with van der Waals surface area (Å²) in [6.07, 6.45) is -0.396. The van der Waals surface area contributed by atoms with E-state index >= 15 is 0 Å². The minimum Gasteiger partial charge on any atom is -0.497 e. The van der Waals surface area contributed by atoms with Gasteiger partial charge in [-0.1, -0.05) is 11.8 Å². The quantitative estimate of drug-likeness (QED) is 0.290. The molecular weight excluding hydrogens is 500 g/mol. The molecule has 1 unspecified atom stereocenters. The molecule has 1 amide bonds. The SMILES string of the molecule is CCn1c(SCC(=O)Nc2cc(C(=O)OC)ccc2C(=O)OC)nnc1C(C)Oc1ccc(OC)cc1. The number of hydrogen-bond donors (Lipinski definition) is 1. The highest BCUT2D eigenvalue weighted by Gasteiger charge is 2.21. The van der Waals surface area contributed by atoms with Crippen molar-refractivity contribution in [2.45, 2.75) is 31.7 Å². The minimum absolute atomic E-state index is 0.0189. The normalized spacial score (nSPS) is 11.4. The van der Waals surface area contributed by atoms with Crippen LogP contribution >= 0.6 is 11.8 Å². The van der Waals surface area contributed by atoms with E-state index < -0.39 is 23.9 Å². The molecule has 196 valence electrons. The van der Waals surface area contributed by atoms with E-state index in [1.165, 1.54) is 44.2 Å². The molecule has 1 heterocycles. The minimum atomic E-state index is -0.652. The van der Waals surface area contributed by atoms with Crippen LogP contribution in [0.4, 0.5) is 5.69 Å². The molecule has 0 aliphatic carbocycles. The van der Waals surface area contributed by atoms with Gasteiger partial charge in [-0.3, -0.25) is 4.79 Å². The summed E-state index contributed by atoms with van der Waals surface area (Å²) in [6.45, 7) is 4.37. The van der Waals surface area contributed by atoms with E-state index in [1.807, 2.05) is 18.4 Å². The number of benzene rings is 2. The fourth-order valence-corrected chi connectivity index (χ4v) is 4.22. The Balaban J connectivity index is 1.70. The topological polar surface area (TPSA) is 131 Å². The van der Waals surface area contributed by atoms with Crippen LogP contribution in [0.3, 0.4) is 0 Å². The Bertz CT molecular complexity index is 1260. The van der Waals surface area contributed by atoms with Crippen molar-refractivity contribution in [3.05, 3.63) is 59.4 Å². The largest absolute Gasteiger partial charge is 0.497 e. The van der Waals surface area contributed by atoms with Crippen LogP contribution in [0.25, 0.3) is 0 Å². The maximum atomic E-state index is 12.7. The number of esters is 2. The van der Waals surface area contributed by atoms with E-state index in [9.17, 15) is 14.4 Å². The predicted octanol–water partition coefficient (Wildman–Crippen LogP) is 3.75. The van der Waals surface area contributed by atoms with E-state index in [2.05, 4.69) is 15.5 Å². The molecular formula is C25H28N4O7S. The number of methoxy groups -OCH3 is 3. The first-order valence-corrected chi connectivity index (χ1v) is 12.3. The van der Waals surface area contributed by atoms with Gasteiger partial charge in [0, 0.05) is 6.54 Å². The van der Waals surface area contributed by atoms with Crippen LogP contribution in [0.15, 0.2) is 47.6 Å². The first-order chi connectivity index (χ1) is 17.8. The molecule has 0 aliphatic rings. The van der Waals surface area contributed by atoms with E-state index in [1.54, 1.807) is 31.4 Å². The molecule has 12 heteroatoms. The van der Waals surface area contributed by atoms with Crippen molar-refractivity contribution in [3.8, 4) is 11.5 Å². The first-order valence-electron chi connectivity index (χ1n) is 11.3. The average Bonchev–Trinajstić information content (AvgIpc) is 3.34. The molecule has 0 bridgehead atoms. The van der Waals surface area contributed by atoms with Crippen LogP contribution in [-0.2, 0) is 20.8 Å². The van der Waals surface area contributed by atoms with Gasteiger partial charge >= 0.3 is 11.9 Å². The zero-order valence-electron chi connectivity index (χ0n) is 21.1. The molecule has 1 N–H and O–H groups in total. The number of carbonyl (C=O) groups is 3. The van der Waals surface area contributed by atoms with E-state index in [-0.39, 0.29) is 22.6 Å². The summed E-state index contributed by atoms with van der Waals surface area (Å²) in [7, 11) is 4.07. The van der Waals surface area contributed by atoms with E-state index in [0.717, 1.165) is 5.75 Å². The monoisotopic (exact) mass is 528 g/mol. The first kappa shape index (κ1) is 27.5. The average molecular weight is 529 g/mol. The Labute approximate surface area is 218 Å². The standard InChI is InChI=1S/C25H28N4O7S/c1-6-29-22(15(2)36-18-10-8-17(33-3)9-11-18)27-28-25(29)37-14-21(30)26-20-13-16(23(31)34-4)7-12-19(20)24(32)35-5/h7-13,15H,6,14H2,1-5H3,(H,26,30). The summed E-state index contributed by atoms with van der Waals surface area (Å²) in [5.74, 6) is 0.311. The smallest absolute Gasteiger partial charge is 0.339 e. The van der Waals surface area contributed by atoms with Crippen molar-refractivity contribution in [1.82, 2.24) is 14.8 Å². The van der Waals surface area contributed by atoms with Gasteiger partial charge in [0.25, 0.3) is 0 Å². The molecule has 0 saturated heterocycles. The number of hydrogen-bond acceptors (Lipinski definition) is 10. The molecule has 0 saturated carbocycles. The maximum absolute atomic E-state index is 12.7. The number of anilines is 1. The molecule has 1 atom stereocenters. The summed E-state index contributed by atoms with van der Waals surface area (Å²) in [4.78, 5) is 36.8. The van der Waals surface area contributed by atoms with Gasteiger partial charge < -0.3 is 28.8 Å². The number of ether oxygens (including phenoxy) is 4. The maximum Gasteiger partial charge on any atom is 0.339 e. The molecule has 3 rings (SSSR count). The highest BCUT2D eigenvalue weighted by Crippen LogP contribution is 2.26. The molecule has 3 aromatic rings. The fraction of sp³-hybridized carbons (Fsp3) is 0.320. The van der Waals surface area contributed by atoms with Gasteiger partial charge in [0.15, 0.2) is 17.1 Å².